The van der Waals surface area contributed by atoms with Crippen molar-refractivity contribution in [3.05, 3.63) is 35.9 Å². The SMILES string of the molecule is CCC(C)C(=O)OCCOC(=O)/C=C/c1ccc(OC)cc1. The molecule has 0 fully saturated rings. The summed E-state index contributed by atoms with van der Waals surface area (Å²) in [6.45, 7) is 3.83. The van der Waals surface area contributed by atoms with Crippen LogP contribution in [0.15, 0.2) is 30.3 Å². The van der Waals surface area contributed by atoms with Crippen LogP contribution >= 0.6 is 0 Å². The second-order valence-corrected chi connectivity index (χ2v) is 4.75. The molecule has 1 aromatic rings. The minimum Gasteiger partial charge on any atom is -0.497 e. The summed E-state index contributed by atoms with van der Waals surface area (Å²) in [7, 11) is 1.59. The zero-order chi connectivity index (χ0) is 16.4. The minimum absolute atomic E-state index is 0.0496. The average Bonchev–Trinajstić information content (AvgIpc) is 2.56. The first kappa shape index (κ1) is 17.8. The topological polar surface area (TPSA) is 61.8 Å². The zero-order valence-corrected chi connectivity index (χ0v) is 13.2. The van der Waals surface area contributed by atoms with E-state index in [1.165, 1.54) is 6.08 Å². The van der Waals surface area contributed by atoms with Crippen molar-refractivity contribution in [2.24, 2.45) is 5.92 Å². The fourth-order valence-corrected chi connectivity index (χ4v) is 1.52. The monoisotopic (exact) mass is 306 g/mol. The van der Waals surface area contributed by atoms with Crippen LogP contribution in [0.5, 0.6) is 5.75 Å². The third kappa shape index (κ3) is 6.43. The summed E-state index contributed by atoms with van der Waals surface area (Å²) in [6.07, 6.45) is 3.70. The first-order chi connectivity index (χ1) is 10.6. The van der Waals surface area contributed by atoms with Crippen molar-refractivity contribution < 1.29 is 23.8 Å². The molecule has 0 amide bonds. The molecule has 5 heteroatoms. The van der Waals surface area contributed by atoms with Gasteiger partial charge in [-0.25, -0.2) is 4.79 Å². The number of carbonyl (C=O) groups is 2. The molecule has 0 aliphatic rings. The number of methoxy groups -OCH3 is 1. The quantitative estimate of drug-likeness (QED) is 0.420. The highest BCUT2D eigenvalue weighted by atomic mass is 16.6. The number of esters is 2. The lowest BCUT2D eigenvalue weighted by Gasteiger charge is -2.08. The highest BCUT2D eigenvalue weighted by Gasteiger charge is 2.11. The van der Waals surface area contributed by atoms with Gasteiger partial charge in [-0.1, -0.05) is 26.0 Å². The van der Waals surface area contributed by atoms with E-state index < -0.39 is 5.97 Å². The smallest absolute Gasteiger partial charge is 0.330 e. The number of benzene rings is 1. The maximum Gasteiger partial charge on any atom is 0.330 e. The van der Waals surface area contributed by atoms with E-state index >= 15 is 0 Å². The van der Waals surface area contributed by atoms with Crippen LogP contribution < -0.4 is 4.74 Å². The Labute approximate surface area is 130 Å². The summed E-state index contributed by atoms with van der Waals surface area (Å²) in [5.41, 5.74) is 0.862. The second kappa shape index (κ2) is 9.60. The molecule has 0 N–H and O–H groups in total. The van der Waals surface area contributed by atoms with E-state index in [4.69, 9.17) is 14.2 Å². The molecule has 1 atom stereocenters. The Morgan fingerprint density at radius 2 is 1.77 bits per heavy atom. The maximum absolute atomic E-state index is 11.5. The van der Waals surface area contributed by atoms with Crippen LogP contribution in [0.4, 0.5) is 0 Å². The van der Waals surface area contributed by atoms with Crippen LogP contribution in [0.25, 0.3) is 6.08 Å². The highest BCUT2D eigenvalue weighted by Crippen LogP contribution is 2.12. The van der Waals surface area contributed by atoms with Crippen LogP contribution in [-0.2, 0) is 19.1 Å². The average molecular weight is 306 g/mol. The number of carbonyl (C=O) groups excluding carboxylic acids is 2. The summed E-state index contributed by atoms with van der Waals surface area (Å²) in [5, 5.41) is 0. The van der Waals surface area contributed by atoms with Crippen molar-refractivity contribution in [3.63, 3.8) is 0 Å². The van der Waals surface area contributed by atoms with Crippen molar-refractivity contribution in [3.8, 4) is 5.75 Å². The van der Waals surface area contributed by atoms with Gasteiger partial charge in [0.25, 0.3) is 0 Å². The van der Waals surface area contributed by atoms with E-state index in [9.17, 15) is 9.59 Å². The Kier molecular flexibility index (Phi) is 7.75. The Bertz CT molecular complexity index is 504. The van der Waals surface area contributed by atoms with Crippen LogP contribution in [0.1, 0.15) is 25.8 Å². The molecule has 0 bridgehead atoms. The molecule has 0 radical (unpaired) electrons. The molecule has 0 saturated carbocycles. The molecular weight excluding hydrogens is 284 g/mol. The lowest BCUT2D eigenvalue weighted by atomic mass is 10.1. The predicted molar refractivity (Wildman–Crippen MR) is 83.4 cm³/mol. The van der Waals surface area contributed by atoms with Crippen molar-refractivity contribution in [2.75, 3.05) is 20.3 Å². The van der Waals surface area contributed by atoms with E-state index in [-0.39, 0.29) is 25.1 Å². The molecule has 0 aromatic heterocycles. The number of rotatable bonds is 8. The van der Waals surface area contributed by atoms with Gasteiger partial charge < -0.3 is 14.2 Å². The molecule has 0 heterocycles. The number of hydrogen-bond donors (Lipinski definition) is 0. The zero-order valence-electron chi connectivity index (χ0n) is 13.2. The van der Waals surface area contributed by atoms with E-state index in [0.717, 1.165) is 17.7 Å². The summed E-state index contributed by atoms with van der Waals surface area (Å²) in [4.78, 5) is 22.9. The van der Waals surface area contributed by atoms with Crippen molar-refractivity contribution in [1.29, 1.82) is 0 Å². The van der Waals surface area contributed by atoms with Gasteiger partial charge in [-0.2, -0.15) is 0 Å². The first-order valence-corrected chi connectivity index (χ1v) is 7.22. The molecule has 1 aromatic carbocycles. The van der Waals surface area contributed by atoms with Crippen LogP contribution in [0.3, 0.4) is 0 Å². The predicted octanol–water partition coefficient (Wildman–Crippen LogP) is 2.84. The lowest BCUT2D eigenvalue weighted by molar-refractivity contribution is -0.152. The molecule has 0 aliphatic heterocycles. The van der Waals surface area contributed by atoms with Gasteiger partial charge >= 0.3 is 11.9 Å². The Balaban J connectivity index is 2.28. The fraction of sp³-hybridized carbons (Fsp3) is 0.412. The molecule has 1 rings (SSSR count). The van der Waals surface area contributed by atoms with Crippen molar-refractivity contribution >= 4 is 18.0 Å². The molecule has 22 heavy (non-hydrogen) atoms. The third-order valence-corrected chi connectivity index (χ3v) is 3.11. The summed E-state index contributed by atoms with van der Waals surface area (Å²) in [5.74, 6) is -0.128. The normalized spacial score (nSPS) is 12.0. The van der Waals surface area contributed by atoms with E-state index in [0.29, 0.717) is 0 Å². The largest absolute Gasteiger partial charge is 0.497 e. The summed E-state index contributed by atoms with van der Waals surface area (Å²) < 4.78 is 15.0. The molecular formula is C17H22O5. The van der Waals surface area contributed by atoms with Crippen LogP contribution in [-0.4, -0.2) is 32.3 Å². The van der Waals surface area contributed by atoms with Gasteiger partial charge in [0.05, 0.1) is 13.0 Å². The first-order valence-electron chi connectivity index (χ1n) is 7.22. The van der Waals surface area contributed by atoms with E-state index in [2.05, 4.69) is 0 Å². The van der Waals surface area contributed by atoms with E-state index in [1.54, 1.807) is 32.2 Å². The molecule has 5 nitrogen and oxygen atoms in total. The van der Waals surface area contributed by atoms with Gasteiger partial charge in [-0.15, -0.1) is 0 Å². The number of hydrogen-bond acceptors (Lipinski definition) is 5. The van der Waals surface area contributed by atoms with Gasteiger partial charge in [0.2, 0.25) is 0 Å². The lowest BCUT2D eigenvalue weighted by Crippen LogP contribution is -2.17. The third-order valence-electron chi connectivity index (χ3n) is 3.11. The Morgan fingerprint density at radius 1 is 1.14 bits per heavy atom. The molecule has 0 saturated heterocycles. The Morgan fingerprint density at radius 3 is 2.36 bits per heavy atom. The standard InChI is InChI=1S/C17H22O5/c1-4-13(2)17(19)22-12-11-21-16(18)10-7-14-5-8-15(20-3)9-6-14/h5-10,13H,4,11-12H2,1-3H3/b10-7+. The summed E-state index contributed by atoms with van der Waals surface area (Å²) in [6, 6.07) is 7.27. The van der Waals surface area contributed by atoms with E-state index in [1.807, 2.05) is 19.1 Å². The van der Waals surface area contributed by atoms with Crippen LogP contribution in [0, 0.1) is 5.92 Å². The summed E-state index contributed by atoms with van der Waals surface area (Å²) >= 11 is 0. The molecule has 1 unspecified atom stereocenters. The maximum atomic E-state index is 11.5. The van der Waals surface area contributed by atoms with Crippen molar-refractivity contribution in [2.45, 2.75) is 20.3 Å². The van der Waals surface area contributed by atoms with Gasteiger partial charge in [-0.3, -0.25) is 4.79 Å². The molecule has 120 valence electrons. The molecule has 0 aliphatic carbocycles. The van der Waals surface area contributed by atoms with Gasteiger partial charge in [-0.05, 0) is 30.2 Å². The van der Waals surface area contributed by atoms with Crippen LogP contribution in [0.2, 0.25) is 0 Å². The van der Waals surface area contributed by atoms with Crippen molar-refractivity contribution in [1.82, 2.24) is 0 Å². The van der Waals surface area contributed by atoms with Gasteiger partial charge in [0, 0.05) is 6.08 Å². The fourth-order valence-electron chi connectivity index (χ4n) is 1.52. The minimum atomic E-state index is -0.476. The van der Waals surface area contributed by atoms with Gasteiger partial charge in [0.1, 0.15) is 19.0 Å². The number of ether oxygens (including phenoxy) is 3. The molecule has 0 spiro atoms. The second-order valence-electron chi connectivity index (χ2n) is 4.75. The highest BCUT2D eigenvalue weighted by molar-refractivity contribution is 5.87. The Hall–Kier alpha value is -2.30. The van der Waals surface area contributed by atoms with Gasteiger partial charge in [0.15, 0.2) is 0 Å².